The van der Waals surface area contributed by atoms with Crippen molar-refractivity contribution in [3.8, 4) is 0 Å². The van der Waals surface area contributed by atoms with Gasteiger partial charge in [-0.2, -0.15) is 0 Å². The van der Waals surface area contributed by atoms with E-state index in [2.05, 4.69) is 22.5 Å². The molecule has 3 rings (SSSR count). The normalized spacial score (nSPS) is 25.4. The Bertz CT molecular complexity index is 656. The number of likely N-dealkylation sites (N-methyl/N-ethyl adjacent to an activating group) is 1. The zero-order valence-corrected chi connectivity index (χ0v) is 19.5. The van der Waals surface area contributed by atoms with Crippen molar-refractivity contribution in [1.29, 1.82) is 0 Å². The van der Waals surface area contributed by atoms with Crippen LogP contribution < -0.4 is 10.6 Å². The van der Waals surface area contributed by atoms with E-state index in [0.717, 1.165) is 25.9 Å². The molecule has 1 aliphatic heterocycles. The first-order valence-electron chi connectivity index (χ1n) is 11.7. The van der Waals surface area contributed by atoms with E-state index in [-0.39, 0.29) is 30.0 Å². The molecule has 9 nitrogen and oxygen atoms in total. The zero-order chi connectivity index (χ0) is 22.4. The number of aliphatic imine (C=N–C) groups is 1. The molecule has 0 radical (unpaired) electrons. The van der Waals surface area contributed by atoms with Gasteiger partial charge in [-0.25, -0.2) is 9.79 Å². The Kier molecular flexibility index (Phi) is 8.02. The number of guanidine groups is 1. The van der Waals surface area contributed by atoms with Gasteiger partial charge in [0.25, 0.3) is 0 Å². The summed E-state index contributed by atoms with van der Waals surface area (Å²) in [5.41, 5.74) is 0.206. The number of likely N-dealkylation sites (tertiary alicyclic amines) is 1. The first-order chi connectivity index (χ1) is 14.9. The molecule has 1 heterocycles. The highest BCUT2D eigenvalue weighted by atomic mass is 16.6. The summed E-state index contributed by atoms with van der Waals surface area (Å²) in [5.74, 6) is 0.661. The number of hydrogen-bond acceptors (Lipinski definition) is 5. The van der Waals surface area contributed by atoms with Gasteiger partial charge in [-0.3, -0.25) is 4.79 Å². The van der Waals surface area contributed by atoms with Crippen LogP contribution in [-0.4, -0.2) is 92.9 Å². The van der Waals surface area contributed by atoms with Crippen LogP contribution in [0.4, 0.5) is 4.79 Å². The number of rotatable bonds is 7. The summed E-state index contributed by atoms with van der Waals surface area (Å²) in [6.45, 7) is 6.43. The van der Waals surface area contributed by atoms with Crippen LogP contribution in [0.2, 0.25) is 0 Å². The smallest absolute Gasteiger partial charge is 0.409 e. The molecule has 1 spiro atoms. The van der Waals surface area contributed by atoms with Crippen molar-refractivity contribution in [2.24, 2.45) is 10.4 Å². The maximum atomic E-state index is 12.1. The van der Waals surface area contributed by atoms with Crippen LogP contribution in [0, 0.1) is 5.41 Å². The number of ether oxygens (including phenoxy) is 2. The Balaban J connectivity index is 1.59. The van der Waals surface area contributed by atoms with Gasteiger partial charge in [0.2, 0.25) is 5.91 Å². The van der Waals surface area contributed by atoms with Crippen LogP contribution in [-0.2, 0) is 14.3 Å². The molecule has 0 bridgehead atoms. The minimum Gasteiger partial charge on any atom is -0.450 e. The molecule has 176 valence electrons. The Morgan fingerprint density at radius 1 is 1.13 bits per heavy atom. The number of carbonyl (C=O) groups is 2. The number of piperidine rings is 1. The topological polar surface area (TPSA) is 95.5 Å². The van der Waals surface area contributed by atoms with E-state index in [1.54, 1.807) is 23.9 Å². The Morgan fingerprint density at radius 3 is 2.39 bits per heavy atom. The average molecular weight is 438 g/mol. The Morgan fingerprint density at radius 2 is 1.84 bits per heavy atom. The number of hydrogen-bond donors (Lipinski definition) is 2. The van der Waals surface area contributed by atoms with Gasteiger partial charge in [0.1, 0.15) is 6.54 Å². The predicted octanol–water partition coefficient (Wildman–Crippen LogP) is 1.58. The standard InChI is InChI=1S/C22H39N5O4/c1-5-30-18-14-17(22(18)10-7-11-22)25-20(23-15-19(28)26(3)4)24-16-8-12-27(13-9-16)21(29)31-6-2/h16-18H,5-15H2,1-4H3,(H2,23,24,25). The van der Waals surface area contributed by atoms with Gasteiger partial charge in [-0.1, -0.05) is 6.42 Å². The zero-order valence-electron chi connectivity index (χ0n) is 19.5. The first kappa shape index (κ1) is 23.6. The van der Waals surface area contributed by atoms with E-state index in [0.29, 0.717) is 37.8 Å². The molecule has 31 heavy (non-hydrogen) atoms. The molecule has 1 saturated heterocycles. The maximum absolute atomic E-state index is 12.1. The molecule has 9 heteroatoms. The van der Waals surface area contributed by atoms with Gasteiger partial charge in [-0.15, -0.1) is 0 Å². The monoisotopic (exact) mass is 437 g/mol. The van der Waals surface area contributed by atoms with Crippen molar-refractivity contribution in [2.45, 2.75) is 70.6 Å². The van der Waals surface area contributed by atoms with Crippen LogP contribution in [0.5, 0.6) is 0 Å². The molecule has 0 aromatic rings. The van der Waals surface area contributed by atoms with Crippen molar-refractivity contribution in [3.05, 3.63) is 0 Å². The van der Waals surface area contributed by atoms with Crippen LogP contribution in [0.1, 0.15) is 52.4 Å². The quantitative estimate of drug-likeness (QED) is 0.464. The number of amides is 2. The van der Waals surface area contributed by atoms with E-state index in [4.69, 9.17) is 9.47 Å². The predicted molar refractivity (Wildman–Crippen MR) is 119 cm³/mol. The molecule has 2 atom stereocenters. The van der Waals surface area contributed by atoms with Crippen LogP contribution in [0.15, 0.2) is 4.99 Å². The number of carbonyl (C=O) groups excluding carboxylic acids is 2. The minimum atomic E-state index is -0.243. The molecule has 2 unspecified atom stereocenters. The molecular weight excluding hydrogens is 398 g/mol. The summed E-state index contributed by atoms with van der Waals surface area (Å²) in [7, 11) is 3.48. The highest BCUT2D eigenvalue weighted by Gasteiger charge is 2.59. The van der Waals surface area contributed by atoms with Gasteiger partial charge >= 0.3 is 6.09 Å². The highest BCUT2D eigenvalue weighted by molar-refractivity contribution is 5.85. The molecule has 2 N–H and O–H groups in total. The molecule has 0 aromatic heterocycles. The van der Waals surface area contributed by atoms with Gasteiger partial charge in [0.05, 0.1) is 12.7 Å². The molecule has 3 aliphatic rings. The van der Waals surface area contributed by atoms with E-state index >= 15 is 0 Å². The van der Waals surface area contributed by atoms with E-state index in [1.165, 1.54) is 19.3 Å². The van der Waals surface area contributed by atoms with Gasteiger partial charge < -0.3 is 29.9 Å². The summed E-state index contributed by atoms with van der Waals surface area (Å²) >= 11 is 0. The van der Waals surface area contributed by atoms with E-state index in [1.807, 2.05) is 6.92 Å². The SMILES string of the molecule is CCOC(=O)N1CCC(NC(=NCC(=O)N(C)C)NC2CC(OCC)C23CCC3)CC1. The Hall–Kier alpha value is -2.03. The third-order valence-corrected chi connectivity index (χ3v) is 6.98. The molecule has 2 saturated carbocycles. The average Bonchev–Trinajstić information content (AvgIpc) is 2.70. The van der Waals surface area contributed by atoms with Crippen LogP contribution in [0.3, 0.4) is 0 Å². The third-order valence-electron chi connectivity index (χ3n) is 6.98. The van der Waals surface area contributed by atoms with Crippen molar-refractivity contribution >= 4 is 18.0 Å². The fraction of sp³-hybridized carbons (Fsp3) is 0.864. The summed E-state index contributed by atoms with van der Waals surface area (Å²) in [6.07, 6.45) is 6.28. The van der Waals surface area contributed by atoms with Gasteiger partial charge in [0.15, 0.2) is 5.96 Å². The lowest BCUT2D eigenvalue weighted by molar-refractivity contribution is -0.168. The van der Waals surface area contributed by atoms with E-state index in [9.17, 15) is 9.59 Å². The first-order valence-corrected chi connectivity index (χ1v) is 11.7. The second kappa shape index (κ2) is 10.5. The lowest BCUT2D eigenvalue weighted by Gasteiger charge is -2.61. The summed E-state index contributed by atoms with van der Waals surface area (Å²) in [4.78, 5) is 32.0. The van der Waals surface area contributed by atoms with Crippen LogP contribution >= 0.6 is 0 Å². The van der Waals surface area contributed by atoms with Crippen molar-refractivity contribution < 1.29 is 19.1 Å². The second-order valence-corrected chi connectivity index (χ2v) is 9.02. The minimum absolute atomic E-state index is 0.0302. The second-order valence-electron chi connectivity index (χ2n) is 9.02. The fourth-order valence-electron chi connectivity index (χ4n) is 4.84. The lowest BCUT2D eigenvalue weighted by Crippen LogP contribution is -2.69. The maximum Gasteiger partial charge on any atom is 0.409 e. The molecule has 2 aliphatic carbocycles. The molecule has 3 fully saturated rings. The van der Waals surface area contributed by atoms with Crippen molar-refractivity contribution in [1.82, 2.24) is 20.4 Å². The molecule has 2 amide bonds. The highest BCUT2D eigenvalue weighted by Crippen LogP contribution is 2.57. The molecule has 0 aromatic carbocycles. The molecular formula is C22H39N5O4. The van der Waals surface area contributed by atoms with Crippen LogP contribution in [0.25, 0.3) is 0 Å². The lowest BCUT2D eigenvalue weighted by atomic mass is 9.51. The van der Waals surface area contributed by atoms with Crippen molar-refractivity contribution in [2.75, 3.05) is 46.9 Å². The van der Waals surface area contributed by atoms with Gasteiger partial charge in [0, 0.05) is 51.3 Å². The summed E-state index contributed by atoms with van der Waals surface area (Å²) in [6, 6.07) is 0.518. The van der Waals surface area contributed by atoms with E-state index < -0.39 is 0 Å². The largest absolute Gasteiger partial charge is 0.450 e. The van der Waals surface area contributed by atoms with Crippen molar-refractivity contribution in [3.63, 3.8) is 0 Å². The number of nitrogens with zero attached hydrogens (tertiary/aromatic N) is 3. The Labute approximate surface area is 185 Å². The summed E-state index contributed by atoms with van der Waals surface area (Å²) < 4.78 is 11.1. The number of nitrogens with one attached hydrogen (secondary N) is 2. The fourth-order valence-corrected chi connectivity index (χ4v) is 4.84. The summed E-state index contributed by atoms with van der Waals surface area (Å²) in [5, 5.41) is 7.14. The third kappa shape index (κ3) is 5.42. The van der Waals surface area contributed by atoms with Gasteiger partial charge in [-0.05, 0) is 46.0 Å².